The highest BCUT2D eigenvalue weighted by atomic mass is 35.5. The molecule has 3 rings (SSSR count). The molecule has 1 aliphatic rings. The molecule has 2 aromatic rings. The highest BCUT2D eigenvalue weighted by molar-refractivity contribution is 7.98. The fraction of sp³-hybridized carbons (Fsp3) is 0.450. The zero-order chi connectivity index (χ0) is 21.9. The lowest BCUT2D eigenvalue weighted by molar-refractivity contribution is -0.132. The summed E-state index contributed by atoms with van der Waals surface area (Å²) in [6.45, 7) is 5.11. The Hall–Kier alpha value is -1.68. The molecule has 0 spiro atoms. The molecular weight excluding hydrogens is 444 g/mol. The van der Waals surface area contributed by atoms with E-state index in [0.29, 0.717) is 25.9 Å². The van der Waals surface area contributed by atoms with Crippen LogP contribution in [0.1, 0.15) is 23.4 Å². The van der Waals surface area contributed by atoms with Gasteiger partial charge in [-0.2, -0.15) is 4.31 Å². The van der Waals surface area contributed by atoms with E-state index >= 15 is 0 Å². The van der Waals surface area contributed by atoms with Crippen LogP contribution in [0, 0.1) is 13.8 Å². The number of hydrogen-bond donors (Lipinski definition) is 0. The molecule has 7 nitrogen and oxygen atoms in total. The summed E-state index contributed by atoms with van der Waals surface area (Å²) in [6, 6.07) is 6.41. The van der Waals surface area contributed by atoms with Crippen LogP contribution in [-0.4, -0.2) is 65.9 Å². The number of carbonyl (C=O) groups excluding carboxylic acids is 1. The monoisotopic (exact) mass is 468 g/mol. The van der Waals surface area contributed by atoms with E-state index in [1.54, 1.807) is 23.1 Å². The summed E-state index contributed by atoms with van der Waals surface area (Å²) in [5, 5.41) is 0.937. The van der Waals surface area contributed by atoms with Gasteiger partial charge in [0.15, 0.2) is 5.16 Å². The first-order valence-electron chi connectivity index (χ1n) is 9.64. The van der Waals surface area contributed by atoms with Gasteiger partial charge in [-0.25, -0.2) is 18.4 Å². The third kappa shape index (κ3) is 4.96. The van der Waals surface area contributed by atoms with Gasteiger partial charge in [-0.1, -0.05) is 35.5 Å². The van der Waals surface area contributed by atoms with Crippen molar-refractivity contribution in [2.45, 2.75) is 36.7 Å². The summed E-state index contributed by atoms with van der Waals surface area (Å²) in [6.07, 6.45) is 2.85. The van der Waals surface area contributed by atoms with Crippen LogP contribution in [-0.2, 0) is 21.2 Å². The van der Waals surface area contributed by atoms with Gasteiger partial charge in [-0.05, 0) is 44.2 Å². The molecule has 1 aliphatic heterocycles. The predicted octanol–water partition coefficient (Wildman–Crippen LogP) is 2.93. The zero-order valence-electron chi connectivity index (χ0n) is 17.3. The summed E-state index contributed by atoms with van der Waals surface area (Å²) in [4.78, 5) is 23.4. The highest BCUT2D eigenvalue weighted by Gasteiger charge is 2.31. The van der Waals surface area contributed by atoms with Crippen molar-refractivity contribution in [3.63, 3.8) is 0 Å². The van der Waals surface area contributed by atoms with Gasteiger partial charge in [-0.3, -0.25) is 4.79 Å². The Bertz CT molecular complexity index is 1020. The fourth-order valence-electron chi connectivity index (χ4n) is 3.52. The lowest BCUT2D eigenvalue weighted by atomic mass is 10.1. The summed E-state index contributed by atoms with van der Waals surface area (Å²) in [7, 11) is -3.67. The number of sulfonamides is 1. The maximum atomic E-state index is 12.8. The van der Waals surface area contributed by atoms with Crippen molar-refractivity contribution >= 4 is 39.3 Å². The van der Waals surface area contributed by atoms with Crippen LogP contribution in [0.3, 0.4) is 0 Å². The Balaban J connectivity index is 1.59. The molecular formula is C20H25ClN4O3S2. The first-order valence-corrected chi connectivity index (χ1v) is 12.7. The van der Waals surface area contributed by atoms with Crippen LogP contribution in [0.4, 0.5) is 0 Å². The van der Waals surface area contributed by atoms with Crippen molar-refractivity contribution in [2.24, 2.45) is 0 Å². The summed E-state index contributed by atoms with van der Waals surface area (Å²) in [5.41, 5.74) is 2.80. The minimum atomic E-state index is -3.67. The van der Waals surface area contributed by atoms with E-state index in [1.807, 2.05) is 20.1 Å². The SMILES string of the molecule is CSc1nc(C)c(CCC(=O)N2CCN(S(=O)(=O)c3ccccc3Cl)CC2)c(C)n1. The van der Waals surface area contributed by atoms with Gasteiger partial charge in [0.05, 0.1) is 5.02 Å². The topological polar surface area (TPSA) is 83.5 Å². The van der Waals surface area contributed by atoms with Crippen molar-refractivity contribution in [1.82, 2.24) is 19.2 Å². The average Bonchev–Trinajstić information content (AvgIpc) is 2.73. The molecule has 0 atom stereocenters. The van der Waals surface area contributed by atoms with E-state index < -0.39 is 10.0 Å². The van der Waals surface area contributed by atoms with Gasteiger partial charge >= 0.3 is 0 Å². The predicted molar refractivity (Wildman–Crippen MR) is 118 cm³/mol. The van der Waals surface area contributed by atoms with Gasteiger partial charge in [0, 0.05) is 44.0 Å². The van der Waals surface area contributed by atoms with E-state index in [1.165, 1.54) is 22.1 Å². The molecule has 0 saturated carbocycles. The fourth-order valence-corrected chi connectivity index (χ4v) is 5.89. The number of aryl methyl sites for hydroxylation is 2. The number of thioether (sulfide) groups is 1. The number of hydrogen-bond acceptors (Lipinski definition) is 6. The Labute approximate surface area is 186 Å². The molecule has 2 heterocycles. The largest absolute Gasteiger partial charge is 0.340 e. The highest BCUT2D eigenvalue weighted by Crippen LogP contribution is 2.25. The van der Waals surface area contributed by atoms with Gasteiger partial charge in [0.2, 0.25) is 15.9 Å². The second-order valence-corrected chi connectivity index (χ2v) is 10.2. The Kier molecular flexibility index (Phi) is 7.38. The van der Waals surface area contributed by atoms with Gasteiger partial charge < -0.3 is 4.90 Å². The lowest BCUT2D eigenvalue weighted by Gasteiger charge is -2.34. The average molecular weight is 469 g/mol. The lowest BCUT2D eigenvalue weighted by Crippen LogP contribution is -2.50. The van der Waals surface area contributed by atoms with Crippen molar-refractivity contribution in [3.05, 3.63) is 46.2 Å². The van der Waals surface area contributed by atoms with Crippen molar-refractivity contribution in [1.29, 1.82) is 0 Å². The van der Waals surface area contributed by atoms with E-state index in [2.05, 4.69) is 9.97 Å². The second kappa shape index (κ2) is 9.64. The Morgan fingerprint density at radius 2 is 1.70 bits per heavy atom. The third-order valence-electron chi connectivity index (χ3n) is 5.22. The number of amides is 1. The molecule has 0 aliphatic carbocycles. The van der Waals surface area contributed by atoms with Crippen molar-refractivity contribution in [2.75, 3.05) is 32.4 Å². The third-order valence-corrected chi connectivity index (χ3v) is 8.16. The van der Waals surface area contributed by atoms with Crippen LogP contribution in [0.2, 0.25) is 5.02 Å². The number of benzene rings is 1. The second-order valence-electron chi connectivity index (χ2n) is 7.07. The molecule has 1 saturated heterocycles. The first kappa shape index (κ1) is 23.0. The molecule has 0 bridgehead atoms. The standard InChI is InChI=1S/C20H25ClN4O3S2/c1-14-16(15(2)23-20(22-14)29-3)8-9-19(26)24-10-12-25(13-11-24)30(27,28)18-7-5-4-6-17(18)21/h4-7H,8-13H2,1-3H3. The quantitative estimate of drug-likeness (QED) is 0.478. The summed E-state index contributed by atoms with van der Waals surface area (Å²) < 4.78 is 27.1. The van der Waals surface area contributed by atoms with E-state index in [0.717, 1.165) is 22.1 Å². The van der Waals surface area contributed by atoms with Crippen molar-refractivity contribution in [3.8, 4) is 0 Å². The zero-order valence-corrected chi connectivity index (χ0v) is 19.6. The van der Waals surface area contributed by atoms with Gasteiger partial charge in [0.25, 0.3) is 0 Å². The molecule has 0 unspecified atom stereocenters. The minimum Gasteiger partial charge on any atom is -0.340 e. The Morgan fingerprint density at radius 1 is 1.10 bits per heavy atom. The number of halogens is 1. The number of piperazine rings is 1. The molecule has 1 fully saturated rings. The molecule has 0 N–H and O–H groups in total. The van der Waals surface area contributed by atoms with E-state index in [9.17, 15) is 13.2 Å². The van der Waals surface area contributed by atoms with Crippen LogP contribution in [0.15, 0.2) is 34.3 Å². The van der Waals surface area contributed by atoms with Crippen LogP contribution in [0.25, 0.3) is 0 Å². The van der Waals surface area contributed by atoms with Crippen LogP contribution < -0.4 is 0 Å². The molecule has 10 heteroatoms. The number of aromatic nitrogens is 2. The number of nitrogens with zero attached hydrogens (tertiary/aromatic N) is 4. The van der Waals surface area contributed by atoms with Crippen LogP contribution in [0.5, 0.6) is 0 Å². The van der Waals surface area contributed by atoms with Gasteiger partial charge in [-0.15, -0.1) is 0 Å². The first-order chi connectivity index (χ1) is 14.2. The summed E-state index contributed by atoms with van der Waals surface area (Å²) in [5.74, 6) is 0.0116. The van der Waals surface area contributed by atoms with E-state index in [-0.39, 0.29) is 28.9 Å². The molecule has 30 heavy (non-hydrogen) atoms. The van der Waals surface area contributed by atoms with Gasteiger partial charge in [0.1, 0.15) is 4.90 Å². The molecule has 1 amide bonds. The Morgan fingerprint density at radius 3 is 2.27 bits per heavy atom. The van der Waals surface area contributed by atoms with Crippen LogP contribution >= 0.6 is 23.4 Å². The normalized spacial score (nSPS) is 15.4. The smallest absolute Gasteiger partial charge is 0.244 e. The maximum absolute atomic E-state index is 12.8. The summed E-state index contributed by atoms with van der Waals surface area (Å²) >= 11 is 7.56. The molecule has 1 aromatic carbocycles. The number of rotatable bonds is 6. The molecule has 1 aromatic heterocycles. The maximum Gasteiger partial charge on any atom is 0.244 e. The molecule has 0 radical (unpaired) electrons. The number of carbonyl (C=O) groups is 1. The van der Waals surface area contributed by atoms with Crippen molar-refractivity contribution < 1.29 is 13.2 Å². The molecule has 162 valence electrons. The minimum absolute atomic E-state index is 0.0116. The van der Waals surface area contributed by atoms with E-state index in [4.69, 9.17) is 11.6 Å².